The average molecular weight is 321 g/mol. The van der Waals surface area contributed by atoms with Crippen LogP contribution in [0, 0.1) is 0 Å². The number of benzene rings is 4. The quantitative estimate of drug-likeness (QED) is 0.338. The van der Waals surface area contributed by atoms with Crippen LogP contribution >= 0.6 is 11.6 Å². The SMILES string of the molecule is COC(=O)c1c(Cl)ccc2cc3cc4ccccc4cc3cc12. The second-order valence-corrected chi connectivity index (χ2v) is 5.94. The van der Waals surface area contributed by atoms with Crippen LogP contribution in [0.25, 0.3) is 32.3 Å². The Hall–Kier alpha value is -2.58. The minimum absolute atomic E-state index is 0.407. The molecule has 0 unspecified atom stereocenters. The number of carbonyl (C=O) groups is 1. The minimum atomic E-state index is -0.416. The monoisotopic (exact) mass is 320 g/mol. The van der Waals surface area contributed by atoms with Gasteiger partial charge in [-0.05, 0) is 62.6 Å². The minimum Gasteiger partial charge on any atom is -0.465 e. The van der Waals surface area contributed by atoms with E-state index < -0.39 is 5.97 Å². The number of methoxy groups -OCH3 is 1. The van der Waals surface area contributed by atoms with Crippen LogP contribution in [-0.2, 0) is 4.74 Å². The molecule has 3 heteroatoms. The first-order chi connectivity index (χ1) is 11.2. The fourth-order valence-corrected chi connectivity index (χ4v) is 3.29. The predicted molar refractivity (Wildman–Crippen MR) is 95.3 cm³/mol. The summed E-state index contributed by atoms with van der Waals surface area (Å²) in [6, 6.07) is 20.3. The molecule has 0 saturated carbocycles. The molecule has 2 nitrogen and oxygen atoms in total. The van der Waals surface area contributed by atoms with Crippen molar-refractivity contribution in [3.63, 3.8) is 0 Å². The maximum absolute atomic E-state index is 12.1. The van der Waals surface area contributed by atoms with Crippen LogP contribution < -0.4 is 0 Å². The summed E-state index contributed by atoms with van der Waals surface area (Å²) >= 11 is 6.22. The molecule has 0 spiro atoms. The van der Waals surface area contributed by atoms with Crippen molar-refractivity contribution in [2.45, 2.75) is 0 Å². The molecule has 0 saturated heterocycles. The van der Waals surface area contributed by atoms with Gasteiger partial charge in [0.2, 0.25) is 0 Å². The fourth-order valence-electron chi connectivity index (χ4n) is 3.05. The molecular weight excluding hydrogens is 308 g/mol. The number of esters is 1. The normalized spacial score (nSPS) is 11.2. The number of rotatable bonds is 1. The molecular formula is C20H13ClO2. The molecule has 0 aliphatic carbocycles. The van der Waals surface area contributed by atoms with Gasteiger partial charge in [-0.1, -0.05) is 41.9 Å². The van der Waals surface area contributed by atoms with Crippen LogP contribution in [0.4, 0.5) is 0 Å². The maximum Gasteiger partial charge on any atom is 0.340 e. The number of halogens is 1. The molecule has 0 heterocycles. The molecule has 0 amide bonds. The third-order valence-corrected chi connectivity index (χ3v) is 4.50. The Morgan fingerprint density at radius 3 is 2.09 bits per heavy atom. The van der Waals surface area contributed by atoms with Crippen molar-refractivity contribution < 1.29 is 9.53 Å². The van der Waals surface area contributed by atoms with Crippen molar-refractivity contribution in [3.05, 3.63) is 71.2 Å². The van der Waals surface area contributed by atoms with Crippen LogP contribution in [0.3, 0.4) is 0 Å². The smallest absolute Gasteiger partial charge is 0.340 e. The van der Waals surface area contributed by atoms with E-state index in [9.17, 15) is 4.79 Å². The molecule has 23 heavy (non-hydrogen) atoms. The van der Waals surface area contributed by atoms with Crippen molar-refractivity contribution >= 4 is 49.9 Å². The van der Waals surface area contributed by atoms with Gasteiger partial charge in [-0.15, -0.1) is 0 Å². The lowest BCUT2D eigenvalue weighted by molar-refractivity contribution is 0.0603. The molecule has 4 rings (SSSR count). The first kappa shape index (κ1) is 14.0. The first-order valence-corrected chi connectivity index (χ1v) is 7.68. The van der Waals surface area contributed by atoms with E-state index in [2.05, 4.69) is 30.3 Å². The number of carbonyl (C=O) groups excluding carboxylic acids is 1. The van der Waals surface area contributed by atoms with Gasteiger partial charge in [0.15, 0.2) is 0 Å². The molecule has 0 atom stereocenters. The highest BCUT2D eigenvalue weighted by atomic mass is 35.5. The molecule has 4 aromatic carbocycles. The van der Waals surface area contributed by atoms with Gasteiger partial charge in [0.05, 0.1) is 17.7 Å². The molecule has 112 valence electrons. The summed E-state index contributed by atoms with van der Waals surface area (Å²) < 4.78 is 4.88. The molecule has 0 aliphatic heterocycles. The number of hydrogen-bond donors (Lipinski definition) is 0. The van der Waals surface area contributed by atoms with Gasteiger partial charge in [-0.3, -0.25) is 0 Å². The average Bonchev–Trinajstić information content (AvgIpc) is 2.57. The van der Waals surface area contributed by atoms with E-state index in [1.165, 1.54) is 17.9 Å². The lowest BCUT2D eigenvalue weighted by Gasteiger charge is -2.10. The van der Waals surface area contributed by atoms with Gasteiger partial charge >= 0.3 is 5.97 Å². The summed E-state index contributed by atoms with van der Waals surface area (Å²) in [5.74, 6) is -0.416. The Labute approximate surface area is 138 Å². The fraction of sp³-hybridized carbons (Fsp3) is 0.0500. The summed E-state index contributed by atoms with van der Waals surface area (Å²) in [6.45, 7) is 0. The summed E-state index contributed by atoms with van der Waals surface area (Å²) in [4.78, 5) is 12.1. The highest BCUT2D eigenvalue weighted by molar-refractivity contribution is 6.35. The summed E-state index contributed by atoms with van der Waals surface area (Å²) in [6.07, 6.45) is 0. The second-order valence-electron chi connectivity index (χ2n) is 5.53. The predicted octanol–water partition coefficient (Wildman–Crippen LogP) is 5.59. The van der Waals surface area contributed by atoms with Crippen molar-refractivity contribution in [3.8, 4) is 0 Å². The third-order valence-electron chi connectivity index (χ3n) is 4.18. The van der Waals surface area contributed by atoms with E-state index in [0.29, 0.717) is 10.6 Å². The highest BCUT2D eigenvalue weighted by Crippen LogP contribution is 2.32. The number of fused-ring (bicyclic) bond motifs is 3. The zero-order valence-corrected chi connectivity index (χ0v) is 13.2. The number of hydrogen-bond acceptors (Lipinski definition) is 2. The van der Waals surface area contributed by atoms with Gasteiger partial charge in [0.25, 0.3) is 0 Å². The van der Waals surface area contributed by atoms with Gasteiger partial charge in [-0.25, -0.2) is 4.79 Å². The Morgan fingerprint density at radius 2 is 1.43 bits per heavy atom. The van der Waals surface area contributed by atoms with Crippen LogP contribution in [0.5, 0.6) is 0 Å². The lowest BCUT2D eigenvalue weighted by atomic mass is 9.97. The Bertz CT molecular complexity index is 1080. The largest absolute Gasteiger partial charge is 0.465 e. The third kappa shape index (κ3) is 2.23. The van der Waals surface area contributed by atoms with E-state index in [4.69, 9.17) is 16.3 Å². The van der Waals surface area contributed by atoms with Crippen molar-refractivity contribution in [2.24, 2.45) is 0 Å². The van der Waals surface area contributed by atoms with Gasteiger partial charge < -0.3 is 4.74 Å². The van der Waals surface area contributed by atoms with Gasteiger partial charge in [-0.2, -0.15) is 0 Å². The maximum atomic E-state index is 12.1. The summed E-state index contributed by atoms with van der Waals surface area (Å²) in [5, 5.41) is 6.76. The highest BCUT2D eigenvalue weighted by Gasteiger charge is 2.15. The van der Waals surface area contributed by atoms with Crippen molar-refractivity contribution in [2.75, 3.05) is 7.11 Å². The first-order valence-electron chi connectivity index (χ1n) is 7.30. The standard InChI is InChI=1S/C20H13ClO2/c1-23-20(22)19-17-11-16-9-13-5-3-2-4-12(13)8-15(16)10-14(17)6-7-18(19)21/h2-11H,1H3. The molecule has 0 bridgehead atoms. The molecule has 0 N–H and O–H groups in total. The van der Waals surface area contributed by atoms with E-state index in [0.717, 1.165) is 21.5 Å². The summed E-state index contributed by atoms with van der Waals surface area (Å²) in [7, 11) is 1.37. The Morgan fingerprint density at radius 1 is 0.826 bits per heavy atom. The van der Waals surface area contributed by atoms with Crippen LogP contribution in [0.2, 0.25) is 5.02 Å². The zero-order chi connectivity index (χ0) is 16.0. The van der Waals surface area contributed by atoms with Crippen LogP contribution in [-0.4, -0.2) is 13.1 Å². The molecule has 0 aliphatic rings. The molecule has 4 aromatic rings. The van der Waals surface area contributed by atoms with Crippen molar-refractivity contribution in [1.29, 1.82) is 0 Å². The Kier molecular flexibility index (Phi) is 3.21. The van der Waals surface area contributed by atoms with Gasteiger partial charge in [0, 0.05) is 0 Å². The van der Waals surface area contributed by atoms with E-state index >= 15 is 0 Å². The molecule has 0 fully saturated rings. The van der Waals surface area contributed by atoms with Crippen LogP contribution in [0.1, 0.15) is 10.4 Å². The van der Waals surface area contributed by atoms with E-state index in [-0.39, 0.29) is 0 Å². The molecule has 0 radical (unpaired) electrons. The van der Waals surface area contributed by atoms with Crippen LogP contribution in [0.15, 0.2) is 60.7 Å². The Balaban J connectivity index is 2.12. The topological polar surface area (TPSA) is 26.3 Å². The molecule has 0 aromatic heterocycles. The second kappa shape index (κ2) is 5.25. The summed E-state index contributed by atoms with van der Waals surface area (Å²) in [5.41, 5.74) is 0.418. The van der Waals surface area contributed by atoms with Crippen molar-refractivity contribution in [1.82, 2.24) is 0 Å². The van der Waals surface area contributed by atoms with Gasteiger partial charge in [0.1, 0.15) is 0 Å². The van der Waals surface area contributed by atoms with E-state index in [1.54, 1.807) is 6.07 Å². The number of ether oxygens (including phenoxy) is 1. The zero-order valence-electron chi connectivity index (χ0n) is 12.5. The lowest BCUT2D eigenvalue weighted by Crippen LogP contribution is -2.03. The van der Waals surface area contributed by atoms with E-state index in [1.807, 2.05) is 24.3 Å².